The van der Waals surface area contributed by atoms with Crippen LogP contribution in [0.5, 0.6) is 0 Å². The molecule has 0 aliphatic heterocycles. The number of anilines is 1. The van der Waals surface area contributed by atoms with Crippen molar-refractivity contribution in [3.8, 4) is 11.3 Å². The highest BCUT2D eigenvalue weighted by Crippen LogP contribution is 2.33. The van der Waals surface area contributed by atoms with Crippen LogP contribution in [0.2, 0.25) is 0 Å². The number of rotatable bonds is 2. The molecule has 1 aromatic carbocycles. The Morgan fingerprint density at radius 2 is 1.88 bits per heavy atom. The lowest BCUT2D eigenvalue weighted by atomic mass is 10.2. The summed E-state index contributed by atoms with van der Waals surface area (Å²) in [5.74, 6) is 0.675. The highest BCUT2D eigenvalue weighted by Gasteiger charge is 2.15. The molecule has 1 heterocycles. The van der Waals surface area contributed by atoms with Crippen LogP contribution in [0.1, 0.15) is 19.9 Å². The van der Waals surface area contributed by atoms with Crippen LogP contribution in [-0.2, 0) is 0 Å². The standard InChI is InChI=1S/C12H14BrN3/c1-8(2)16-12(14)10(13)11(15-16)9-6-4-3-5-7-9/h3-8H,14H2,1-2H3. The molecule has 0 saturated heterocycles. The van der Waals surface area contributed by atoms with Crippen LogP contribution in [0.25, 0.3) is 11.3 Å². The van der Waals surface area contributed by atoms with Crippen molar-refractivity contribution in [3.63, 3.8) is 0 Å². The van der Waals surface area contributed by atoms with Crippen LogP contribution < -0.4 is 5.73 Å². The molecule has 0 atom stereocenters. The minimum atomic E-state index is 0.258. The second-order valence-corrected chi connectivity index (χ2v) is 4.75. The second kappa shape index (κ2) is 4.29. The van der Waals surface area contributed by atoms with E-state index < -0.39 is 0 Å². The van der Waals surface area contributed by atoms with Gasteiger partial charge in [-0.3, -0.25) is 0 Å². The van der Waals surface area contributed by atoms with E-state index in [1.165, 1.54) is 0 Å². The maximum absolute atomic E-state index is 6.00. The molecule has 4 heteroatoms. The fraction of sp³-hybridized carbons (Fsp3) is 0.250. The molecule has 0 aliphatic carbocycles. The number of nitrogens with zero attached hydrogens (tertiary/aromatic N) is 2. The van der Waals surface area contributed by atoms with Crippen LogP contribution in [0.4, 0.5) is 5.82 Å². The molecule has 2 rings (SSSR count). The molecule has 84 valence electrons. The zero-order valence-electron chi connectivity index (χ0n) is 9.31. The summed E-state index contributed by atoms with van der Waals surface area (Å²) in [5, 5.41) is 4.52. The summed E-state index contributed by atoms with van der Waals surface area (Å²) in [6, 6.07) is 10.3. The number of hydrogen-bond donors (Lipinski definition) is 1. The van der Waals surface area contributed by atoms with Gasteiger partial charge in [-0.05, 0) is 29.8 Å². The molecule has 0 radical (unpaired) electrons. The first kappa shape index (κ1) is 11.2. The van der Waals surface area contributed by atoms with E-state index in [-0.39, 0.29) is 6.04 Å². The summed E-state index contributed by atoms with van der Waals surface area (Å²) in [5.41, 5.74) is 7.96. The third-order valence-corrected chi connectivity index (χ3v) is 3.21. The van der Waals surface area contributed by atoms with Crippen molar-refractivity contribution in [1.82, 2.24) is 9.78 Å². The van der Waals surface area contributed by atoms with Crippen LogP contribution in [0.15, 0.2) is 34.8 Å². The lowest BCUT2D eigenvalue weighted by molar-refractivity contribution is 0.542. The van der Waals surface area contributed by atoms with Gasteiger partial charge in [0.25, 0.3) is 0 Å². The maximum atomic E-state index is 6.00. The molecular weight excluding hydrogens is 266 g/mol. The lowest BCUT2D eigenvalue weighted by Gasteiger charge is -2.06. The monoisotopic (exact) mass is 279 g/mol. The van der Waals surface area contributed by atoms with Crippen molar-refractivity contribution in [2.45, 2.75) is 19.9 Å². The fourth-order valence-corrected chi connectivity index (χ4v) is 2.09. The van der Waals surface area contributed by atoms with Crippen molar-refractivity contribution < 1.29 is 0 Å². The quantitative estimate of drug-likeness (QED) is 0.915. The van der Waals surface area contributed by atoms with Gasteiger partial charge < -0.3 is 5.73 Å². The zero-order valence-corrected chi connectivity index (χ0v) is 10.9. The summed E-state index contributed by atoms with van der Waals surface area (Å²) in [7, 11) is 0. The van der Waals surface area contributed by atoms with E-state index in [2.05, 4.69) is 34.9 Å². The minimum absolute atomic E-state index is 0.258. The van der Waals surface area contributed by atoms with Gasteiger partial charge in [0.2, 0.25) is 0 Å². The summed E-state index contributed by atoms with van der Waals surface area (Å²) in [6.07, 6.45) is 0. The number of aromatic nitrogens is 2. The normalized spacial score (nSPS) is 11.0. The van der Waals surface area contributed by atoms with Crippen molar-refractivity contribution in [2.75, 3.05) is 5.73 Å². The number of hydrogen-bond acceptors (Lipinski definition) is 2. The van der Waals surface area contributed by atoms with Gasteiger partial charge in [-0.2, -0.15) is 5.10 Å². The van der Waals surface area contributed by atoms with Gasteiger partial charge >= 0.3 is 0 Å². The molecule has 0 fully saturated rings. The highest BCUT2D eigenvalue weighted by molar-refractivity contribution is 9.10. The average Bonchev–Trinajstić information content (AvgIpc) is 2.58. The van der Waals surface area contributed by atoms with Crippen LogP contribution in [-0.4, -0.2) is 9.78 Å². The van der Waals surface area contributed by atoms with Crippen molar-refractivity contribution >= 4 is 21.7 Å². The van der Waals surface area contributed by atoms with E-state index in [0.717, 1.165) is 15.7 Å². The average molecular weight is 280 g/mol. The van der Waals surface area contributed by atoms with E-state index in [0.29, 0.717) is 5.82 Å². The van der Waals surface area contributed by atoms with Crippen LogP contribution in [0.3, 0.4) is 0 Å². The molecule has 0 amide bonds. The van der Waals surface area contributed by atoms with Crippen LogP contribution >= 0.6 is 15.9 Å². The van der Waals surface area contributed by atoms with Gasteiger partial charge in [-0.15, -0.1) is 0 Å². The van der Waals surface area contributed by atoms with Crippen LogP contribution in [0, 0.1) is 0 Å². The Balaban J connectivity index is 2.55. The largest absolute Gasteiger partial charge is 0.383 e. The van der Waals surface area contributed by atoms with Gasteiger partial charge in [0.15, 0.2) is 0 Å². The van der Waals surface area contributed by atoms with E-state index in [9.17, 15) is 0 Å². The summed E-state index contributed by atoms with van der Waals surface area (Å²) < 4.78 is 2.69. The Hall–Kier alpha value is -1.29. The van der Waals surface area contributed by atoms with Gasteiger partial charge in [0.1, 0.15) is 11.5 Å². The SMILES string of the molecule is CC(C)n1nc(-c2ccccc2)c(Br)c1N. The summed E-state index contributed by atoms with van der Waals surface area (Å²) in [4.78, 5) is 0. The molecule has 2 aromatic rings. The highest BCUT2D eigenvalue weighted by atomic mass is 79.9. The van der Waals surface area contributed by atoms with Gasteiger partial charge in [0.05, 0.1) is 4.47 Å². The Morgan fingerprint density at radius 1 is 1.25 bits per heavy atom. The number of benzene rings is 1. The Morgan fingerprint density at radius 3 is 2.38 bits per heavy atom. The van der Waals surface area contributed by atoms with Gasteiger partial charge in [-0.1, -0.05) is 30.3 Å². The van der Waals surface area contributed by atoms with E-state index in [1.54, 1.807) is 0 Å². The first-order chi connectivity index (χ1) is 7.61. The van der Waals surface area contributed by atoms with E-state index in [4.69, 9.17) is 5.73 Å². The molecule has 3 nitrogen and oxygen atoms in total. The Kier molecular flexibility index (Phi) is 3.01. The molecule has 0 bridgehead atoms. The zero-order chi connectivity index (χ0) is 11.7. The number of halogens is 1. The number of nitrogens with two attached hydrogens (primary N) is 1. The minimum Gasteiger partial charge on any atom is -0.383 e. The molecular formula is C12H14BrN3. The maximum Gasteiger partial charge on any atom is 0.137 e. The fourth-order valence-electron chi connectivity index (χ4n) is 1.60. The summed E-state index contributed by atoms with van der Waals surface area (Å²) in [6.45, 7) is 4.12. The molecule has 1 aromatic heterocycles. The van der Waals surface area contributed by atoms with Crippen molar-refractivity contribution in [3.05, 3.63) is 34.8 Å². The first-order valence-electron chi connectivity index (χ1n) is 5.20. The smallest absolute Gasteiger partial charge is 0.137 e. The Bertz CT molecular complexity index is 488. The molecule has 2 N–H and O–H groups in total. The predicted molar refractivity (Wildman–Crippen MR) is 70.2 cm³/mol. The predicted octanol–water partition coefficient (Wildman–Crippen LogP) is 3.48. The molecule has 0 aliphatic rings. The van der Waals surface area contributed by atoms with Gasteiger partial charge in [-0.25, -0.2) is 4.68 Å². The number of nitrogen functional groups attached to an aromatic ring is 1. The molecule has 0 saturated carbocycles. The van der Waals surface area contributed by atoms with Crippen molar-refractivity contribution in [1.29, 1.82) is 0 Å². The molecule has 0 spiro atoms. The Labute approximate surface area is 103 Å². The lowest BCUT2D eigenvalue weighted by Crippen LogP contribution is -2.06. The first-order valence-corrected chi connectivity index (χ1v) is 5.99. The third-order valence-electron chi connectivity index (χ3n) is 2.42. The van der Waals surface area contributed by atoms with E-state index >= 15 is 0 Å². The van der Waals surface area contributed by atoms with Gasteiger partial charge in [0, 0.05) is 11.6 Å². The molecule has 16 heavy (non-hydrogen) atoms. The summed E-state index contributed by atoms with van der Waals surface area (Å²) >= 11 is 3.50. The topological polar surface area (TPSA) is 43.8 Å². The van der Waals surface area contributed by atoms with E-state index in [1.807, 2.05) is 35.0 Å². The molecule has 0 unspecified atom stereocenters. The second-order valence-electron chi connectivity index (χ2n) is 3.95. The third kappa shape index (κ3) is 1.85. The van der Waals surface area contributed by atoms with Crippen molar-refractivity contribution in [2.24, 2.45) is 0 Å².